The summed E-state index contributed by atoms with van der Waals surface area (Å²) < 4.78 is 0. The van der Waals surface area contributed by atoms with Gasteiger partial charge in [-0.05, 0) is 12.1 Å². The fraction of sp³-hybridized carbons (Fsp3) is 0.125. The van der Waals surface area contributed by atoms with Gasteiger partial charge < -0.3 is 11.5 Å². The van der Waals surface area contributed by atoms with Crippen molar-refractivity contribution in [1.82, 2.24) is 4.98 Å². The van der Waals surface area contributed by atoms with Crippen LogP contribution in [-0.2, 0) is 4.79 Å². The number of carbonyl (C=O) groups excluding carboxylic acids is 2. The van der Waals surface area contributed by atoms with E-state index in [4.69, 9.17) is 5.73 Å². The summed E-state index contributed by atoms with van der Waals surface area (Å²) in [6.07, 6.45) is 3.02. The van der Waals surface area contributed by atoms with Crippen LogP contribution < -0.4 is 11.5 Å². The number of pyridine rings is 1. The third-order valence-corrected chi connectivity index (χ3v) is 0.946. The average Bonchev–Trinajstić information content (AvgIpc) is 2.05. The van der Waals surface area contributed by atoms with E-state index in [0.717, 1.165) is 0 Å². The highest BCUT2D eigenvalue weighted by Gasteiger charge is 1.94. The van der Waals surface area contributed by atoms with E-state index in [1.54, 1.807) is 18.3 Å². The zero-order valence-electron chi connectivity index (χ0n) is 7.23. The predicted molar refractivity (Wildman–Crippen MR) is 47.6 cm³/mol. The molecule has 2 amide bonds. The van der Waals surface area contributed by atoms with Crippen LogP contribution in [0.4, 0.5) is 0 Å². The molecule has 70 valence electrons. The molecule has 5 heteroatoms. The molecule has 0 spiro atoms. The Kier molecular flexibility index (Phi) is 4.87. The van der Waals surface area contributed by atoms with Crippen LogP contribution in [0, 0.1) is 0 Å². The molecule has 0 aromatic carbocycles. The lowest BCUT2D eigenvalue weighted by Crippen LogP contribution is -2.10. The minimum Gasteiger partial charge on any atom is -0.370 e. The van der Waals surface area contributed by atoms with E-state index < -0.39 is 5.91 Å². The van der Waals surface area contributed by atoms with Gasteiger partial charge in [0, 0.05) is 19.3 Å². The lowest BCUT2D eigenvalue weighted by molar-refractivity contribution is -0.115. The summed E-state index contributed by atoms with van der Waals surface area (Å²) in [5, 5.41) is 0. The number of aromatic nitrogens is 1. The summed E-state index contributed by atoms with van der Waals surface area (Å²) in [6.45, 7) is 1.31. The molecule has 1 aromatic heterocycles. The summed E-state index contributed by atoms with van der Waals surface area (Å²) in [7, 11) is 0. The maximum Gasteiger partial charge on any atom is 0.250 e. The van der Waals surface area contributed by atoms with Gasteiger partial charge in [-0.3, -0.25) is 14.6 Å². The molecule has 0 bridgehead atoms. The summed E-state index contributed by atoms with van der Waals surface area (Å²) in [4.78, 5) is 23.3. The second-order valence-electron chi connectivity index (χ2n) is 2.22. The fourth-order valence-corrected chi connectivity index (χ4v) is 0.509. The van der Waals surface area contributed by atoms with E-state index in [0.29, 0.717) is 5.56 Å². The highest BCUT2D eigenvalue weighted by atomic mass is 16.1. The van der Waals surface area contributed by atoms with Crippen molar-refractivity contribution >= 4 is 11.8 Å². The van der Waals surface area contributed by atoms with Gasteiger partial charge in [0.1, 0.15) is 0 Å². The fourth-order valence-electron chi connectivity index (χ4n) is 0.509. The Balaban J connectivity index is 0.000000310. The number of nitrogens with two attached hydrogens (primary N) is 2. The van der Waals surface area contributed by atoms with E-state index in [1.165, 1.54) is 13.1 Å². The summed E-state index contributed by atoms with van der Waals surface area (Å²) in [5.74, 6) is -0.775. The molecule has 0 saturated carbocycles. The SMILES string of the molecule is CC(N)=O.NC(=O)c1cccnc1. The maximum atomic E-state index is 10.4. The monoisotopic (exact) mass is 181 g/mol. The maximum absolute atomic E-state index is 10.4. The zero-order valence-corrected chi connectivity index (χ0v) is 7.23. The number of carbonyl (C=O) groups is 2. The number of nitrogens with zero attached hydrogens (tertiary/aromatic N) is 1. The number of hydrogen-bond acceptors (Lipinski definition) is 3. The van der Waals surface area contributed by atoms with Crippen LogP contribution in [0.3, 0.4) is 0 Å². The highest BCUT2D eigenvalue weighted by Crippen LogP contribution is 1.91. The van der Waals surface area contributed by atoms with Gasteiger partial charge in [0.05, 0.1) is 5.56 Å². The lowest BCUT2D eigenvalue weighted by Gasteiger charge is -1.88. The average molecular weight is 181 g/mol. The number of hydrogen-bond donors (Lipinski definition) is 2. The van der Waals surface area contributed by atoms with E-state index in [1.807, 2.05) is 0 Å². The van der Waals surface area contributed by atoms with Crippen LogP contribution in [0.5, 0.6) is 0 Å². The number of rotatable bonds is 1. The number of primary amides is 2. The number of amides is 2. The summed E-state index contributed by atoms with van der Waals surface area (Å²) in [5.41, 5.74) is 9.85. The minimum atomic E-state index is -0.442. The third kappa shape index (κ3) is 6.49. The van der Waals surface area contributed by atoms with Crippen molar-refractivity contribution in [2.24, 2.45) is 11.5 Å². The van der Waals surface area contributed by atoms with E-state index in [9.17, 15) is 9.59 Å². The topological polar surface area (TPSA) is 99.1 Å². The normalized spacial score (nSPS) is 8.08. The van der Waals surface area contributed by atoms with Crippen molar-refractivity contribution in [3.8, 4) is 0 Å². The van der Waals surface area contributed by atoms with Crippen molar-refractivity contribution in [3.63, 3.8) is 0 Å². The molecule has 0 fully saturated rings. The van der Waals surface area contributed by atoms with Crippen LogP contribution >= 0.6 is 0 Å². The largest absolute Gasteiger partial charge is 0.370 e. The molecule has 0 radical (unpaired) electrons. The van der Waals surface area contributed by atoms with Gasteiger partial charge in [0.2, 0.25) is 11.8 Å². The Morgan fingerprint density at radius 2 is 1.92 bits per heavy atom. The van der Waals surface area contributed by atoms with Crippen LogP contribution in [0.1, 0.15) is 17.3 Å². The molecule has 0 aliphatic heterocycles. The molecule has 0 aliphatic rings. The van der Waals surface area contributed by atoms with Crippen molar-refractivity contribution < 1.29 is 9.59 Å². The zero-order chi connectivity index (χ0) is 10.3. The first-order chi connectivity index (χ1) is 6.04. The summed E-state index contributed by atoms with van der Waals surface area (Å²) >= 11 is 0. The van der Waals surface area contributed by atoms with Gasteiger partial charge in [0.15, 0.2) is 0 Å². The van der Waals surface area contributed by atoms with Crippen molar-refractivity contribution in [3.05, 3.63) is 30.1 Å². The molecule has 0 unspecified atom stereocenters. The Morgan fingerprint density at radius 1 is 1.38 bits per heavy atom. The molecule has 0 aliphatic carbocycles. The first kappa shape index (κ1) is 11.1. The van der Waals surface area contributed by atoms with Crippen LogP contribution in [0.2, 0.25) is 0 Å². The van der Waals surface area contributed by atoms with Crippen molar-refractivity contribution in [2.75, 3.05) is 0 Å². The Labute approximate surface area is 75.8 Å². The standard InChI is InChI=1S/C6H6N2O.C2H5NO/c7-6(9)5-2-1-3-8-4-5;1-2(3)4/h1-4H,(H2,7,9);1H3,(H2,3,4). The summed E-state index contributed by atoms with van der Waals surface area (Å²) in [6, 6.07) is 3.29. The predicted octanol–water partition coefficient (Wildman–Crippen LogP) is -0.328. The van der Waals surface area contributed by atoms with Gasteiger partial charge in [0.25, 0.3) is 0 Å². The van der Waals surface area contributed by atoms with Gasteiger partial charge in [-0.15, -0.1) is 0 Å². The van der Waals surface area contributed by atoms with E-state index in [2.05, 4.69) is 10.7 Å². The molecule has 4 N–H and O–H groups in total. The molecule has 0 atom stereocenters. The van der Waals surface area contributed by atoms with Crippen molar-refractivity contribution in [1.29, 1.82) is 0 Å². The van der Waals surface area contributed by atoms with Crippen LogP contribution in [0.25, 0.3) is 0 Å². The molecule has 1 aromatic rings. The minimum absolute atomic E-state index is 0.333. The molecule has 0 saturated heterocycles. The Hall–Kier alpha value is -1.91. The first-order valence-corrected chi connectivity index (χ1v) is 3.50. The van der Waals surface area contributed by atoms with Crippen molar-refractivity contribution in [2.45, 2.75) is 6.92 Å². The van der Waals surface area contributed by atoms with E-state index in [-0.39, 0.29) is 5.91 Å². The first-order valence-electron chi connectivity index (χ1n) is 3.50. The second-order valence-corrected chi connectivity index (χ2v) is 2.22. The molecular weight excluding hydrogens is 170 g/mol. The molecular formula is C8H11N3O2. The molecule has 1 rings (SSSR count). The van der Waals surface area contributed by atoms with Gasteiger partial charge in [-0.1, -0.05) is 0 Å². The van der Waals surface area contributed by atoms with Gasteiger partial charge in [-0.2, -0.15) is 0 Å². The molecule has 13 heavy (non-hydrogen) atoms. The molecule has 1 heterocycles. The van der Waals surface area contributed by atoms with Gasteiger partial charge in [-0.25, -0.2) is 0 Å². The van der Waals surface area contributed by atoms with Crippen LogP contribution in [-0.4, -0.2) is 16.8 Å². The van der Waals surface area contributed by atoms with Gasteiger partial charge >= 0.3 is 0 Å². The Bertz CT molecular complexity index is 281. The smallest absolute Gasteiger partial charge is 0.250 e. The second kappa shape index (κ2) is 5.70. The highest BCUT2D eigenvalue weighted by molar-refractivity contribution is 5.92. The third-order valence-electron chi connectivity index (χ3n) is 0.946. The Morgan fingerprint density at radius 3 is 2.15 bits per heavy atom. The quantitative estimate of drug-likeness (QED) is 0.620. The van der Waals surface area contributed by atoms with Crippen LogP contribution in [0.15, 0.2) is 24.5 Å². The lowest BCUT2D eigenvalue weighted by atomic mass is 10.3. The molecule has 5 nitrogen and oxygen atoms in total. The van der Waals surface area contributed by atoms with E-state index >= 15 is 0 Å².